The predicted molar refractivity (Wildman–Crippen MR) is 104 cm³/mol. The van der Waals surface area contributed by atoms with Crippen LogP contribution >= 0.6 is 11.8 Å². The quantitative estimate of drug-likeness (QED) is 0.467. The second-order valence-electron chi connectivity index (χ2n) is 6.54. The maximum Gasteiger partial charge on any atom is 0.313 e. The van der Waals surface area contributed by atoms with Crippen molar-refractivity contribution in [3.63, 3.8) is 0 Å². The Morgan fingerprint density at radius 3 is 2.88 bits per heavy atom. The number of likely N-dealkylation sites (tertiary alicyclic amines) is 1. The molecule has 1 aromatic carbocycles. The molecule has 1 saturated heterocycles. The van der Waals surface area contributed by atoms with Gasteiger partial charge in [0.15, 0.2) is 0 Å². The van der Waals surface area contributed by atoms with Crippen LogP contribution in [0.5, 0.6) is 0 Å². The second kappa shape index (κ2) is 11.3. The number of aliphatic hydroxyl groups is 1. The van der Waals surface area contributed by atoms with Gasteiger partial charge in [-0.05, 0) is 50.1 Å². The number of nitrogens with zero attached hydrogens (tertiary/aromatic N) is 1. The van der Waals surface area contributed by atoms with Crippen molar-refractivity contribution in [2.24, 2.45) is 0 Å². The number of unbranched alkanes of at least 4 members (excludes halogenated alkanes) is 1. The third-order valence-electron chi connectivity index (χ3n) is 4.47. The minimum Gasteiger partial charge on any atom is -0.481 e. The molecule has 138 valence electrons. The Labute approximate surface area is 154 Å². The van der Waals surface area contributed by atoms with Crippen LogP contribution in [0.2, 0.25) is 0 Å². The fourth-order valence-electron chi connectivity index (χ4n) is 3.21. The topological polar surface area (TPSA) is 60.8 Å². The van der Waals surface area contributed by atoms with E-state index in [-0.39, 0.29) is 5.75 Å². The largest absolute Gasteiger partial charge is 0.481 e. The van der Waals surface area contributed by atoms with E-state index in [0.717, 1.165) is 43.7 Å². The molecule has 1 unspecified atom stereocenters. The summed E-state index contributed by atoms with van der Waals surface area (Å²) in [6.45, 7) is 2.17. The minimum absolute atomic E-state index is 0.203. The van der Waals surface area contributed by atoms with Gasteiger partial charge in [-0.1, -0.05) is 42.5 Å². The van der Waals surface area contributed by atoms with Gasteiger partial charge in [0.2, 0.25) is 0 Å². The summed E-state index contributed by atoms with van der Waals surface area (Å²) in [4.78, 5) is 12.9. The highest BCUT2D eigenvalue weighted by Gasteiger charge is 2.21. The zero-order valence-corrected chi connectivity index (χ0v) is 15.5. The maximum atomic E-state index is 10.5. The summed E-state index contributed by atoms with van der Waals surface area (Å²) in [5.41, 5.74) is 1.15. The van der Waals surface area contributed by atoms with E-state index in [9.17, 15) is 9.90 Å². The average molecular weight is 364 g/mol. The molecule has 0 bridgehead atoms. The molecule has 0 radical (unpaired) electrons. The molecular formula is C20H29NO3S. The summed E-state index contributed by atoms with van der Waals surface area (Å²) in [7, 11) is 0. The summed E-state index contributed by atoms with van der Waals surface area (Å²) in [6, 6.07) is 10.5. The molecule has 2 N–H and O–H groups in total. The van der Waals surface area contributed by atoms with Gasteiger partial charge in [0.1, 0.15) is 0 Å². The summed E-state index contributed by atoms with van der Waals surface area (Å²) in [5, 5.41) is 18.8. The monoisotopic (exact) mass is 363 g/mol. The van der Waals surface area contributed by atoms with E-state index in [1.807, 2.05) is 36.4 Å². The van der Waals surface area contributed by atoms with Crippen molar-refractivity contribution < 1.29 is 15.0 Å². The Morgan fingerprint density at radius 2 is 2.12 bits per heavy atom. The molecule has 1 heterocycles. The van der Waals surface area contributed by atoms with E-state index in [4.69, 9.17) is 5.11 Å². The van der Waals surface area contributed by atoms with E-state index in [1.165, 1.54) is 18.2 Å². The lowest BCUT2D eigenvalue weighted by Gasteiger charge is -2.22. The number of aliphatic carboxylic acids is 1. The normalized spacial score (nSPS) is 19.5. The molecule has 0 aliphatic carbocycles. The molecule has 5 heteroatoms. The van der Waals surface area contributed by atoms with E-state index in [0.29, 0.717) is 12.5 Å². The molecule has 1 aliphatic rings. The summed E-state index contributed by atoms with van der Waals surface area (Å²) in [5.74, 6) is 0.383. The molecule has 2 atom stereocenters. The maximum absolute atomic E-state index is 10.5. The first-order valence-corrected chi connectivity index (χ1v) is 10.2. The van der Waals surface area contributed by atoms with E-state index in [1.54, 1.807) is 0 Å². The summed E-state index contributed by atoms with van der Waals surface area (Å²) >= 11 is 1.49. The van der Waals surface area contributed by atoms with Gasteiger partial charge in [-0.15, -0.1) is 0 Å². The molecule has 2 rings (SSSR count). The lowest BCUT2D eigenvalue weighted by Crippen LogP contribution is -2.29. The number of rotatable bonds is 11. The molecule has 1 aliphatic heterocycles. The molecule has 4 nitrogen and oxygen atoms in total. The van der Waals surface area contributed by atoms with Crippen LogP contribution in [0.15, 0.2) is 42.5 Å². The SMILES string of the molecule is O=C(O)CSCCCCN1CCC[C@@H]1/C=C/C(O)Cc1ccccc1. The van der Waals surface area contributed by atoms with Crippen LogP contribution in [-0.2, 0) is 11.2 Å². The Morgan fingerprint density at radius 1 is 1.32 bits per heavy atom. The number of carbonyl (C=O) groups is 1. The van der Waals surface area contributed by atoms with Gasteiger partial charge >= 0.3 is 5.97 Å². The van der Waals surface area contributed by atoms with E-state index >= 15 is 0 Å². The number of hydrogen-bond donors (Lipinski definition) is 2. The van der Waals surface area contributed by atoms with Crippen molar-refractivity contribution >= 4 is 17.7 Å². The zero-order chi connectivity index (χ0) is 17.9. The van der Waals surface area contributed by atoms with Gasteiger partial charge in [0.05, 0.1) is 11.9 Å². The summed E-state index contributed by atoms with van der Waals surface area (Å²) in [6.07, 6.45) is 8.85. The first-order chi connectivity index (χ1) is 12.1. The lowest BCUT2D eigenvalue weighted by molar-refractivity contribution is -0.133. The van der Waals surface area contributed by atoms with Crippen molar-refractivity contribution in [3.8, 4) is 0 Å². The minimum atomic E-state index is -0.733. The van der Waals surface area contributed by atoms with Crippen LogP contribution in [0, 0.1) is 0 Å². The molecular weight excluding hydrogens is 334 g/mol. The summed E-state index contributed by atoms with van der Waals surface area (Å²) < 4.78 is 0. The highest BCUT2D eigenvalue weighted by atomic mass is 32.2. The first-order valence-electron chi connectivity index (χ1n) is 9.09. The number of benzene rings is 1. The van der Waals surface area contributed by atoms with Crippen molar-refractivity contribution in [2.45, 2.75) is 44.2 Å². The number of carboxylic acid groups (broad SMARTS) is 1. The smallest absolute Gasteiger partial charge is 0.313 e. The first kappa shape index (κ1) is 20.0. The Balaban J connectivity index is 1.67. The standard InChI is InChI=1S/C20H29NO3S/c22-19(15-17-7-2-1-3-8-17)11-10-18-9-6-13-21(18)12-4-5-14-25-16-20(23)24/h1-3,7-8,10-11,18-19,22H,4-6,9,12-16H2,(H,23,24)/b11-10+/t18-,19?/m1/s1. The van der Waals surface area contributed by atoms with Crippen molar-refractivity contribution in [1.29, 1.82) is 0 Å². The Kier molecular flexibility index (Phi) is 9.08. The number of hydrogen-bond acceptors (Lipinski definition) is 4. The van der Waals surface area contributed by atoms with Crippen LogP contribution in [0.25, 0.3) is 0 Å². The van der Waals surface area contributed by atoms with Crippen LogP contribution in [0.4, 0.5) is 0 Å². The number of thioether (sulfide) groups is 1. The molecule has 1 fully saturated rings. The highest BCUT2D eigenvalue weighted by Crippen LogP contribution is 2.19. The lowest BCUT2D eigenvalue weighted by atomic mass is 10.1. The molecule has 0 spiro atoms. The Hall–Kier alpha value is -1.30. The van der Waals surface area contributed by atoms with Crippen LogP contribution in [-0.4, -0.2) is 57.8 Å². The molecule has 25 heavy (non-hydrogen) atoms. The van der Waals surface area contributed by atoms with Crippen molar-refractivity contribution in [1.82, 2.24) is 4.90 Å². The third-order valence-corrected chi connectivity index (χ3v) is 5.50. The van der Waals surface area contributed by atoms with Crippen molar-refractivity contribution in [2.75, 3.05) is 24.6 Å². The van der Waals surface area contributed by atoms with Crippen LogP contribution in [0.3, 0.4) is 0 Å². The van der Waals surface area contributed by atoms with Gasteiger partial charge in [-0.2, -0.15) is 11.8 Å². The molecule has 0 amide bonds. The van der Waals surface area contributed by atoms with Gasteiger partial charge in [0.25, 0.3) is 0 Å². The fraction of sp³-hybridized carbons (Fsp3) is 0.550. The Bertz CT molecular complexity index is 535. The number of aliphatic hydroxyl groups excluding tert-OH is 1. The molecule has 0 saturated carbocycles. The van der Waals surface area contributed by atoms with Gasteiger partial charge in [-0.3, -0.25) is 9.69 Å². The van der Waals surface area contributed by atoms with Gasteiger partial charge < -0.3 is 10.2 Å². The zero-order valence-electron chi connectivity index (χ0n) is 14.7. The predicted octanol–water partition coefficient (Wildman–Crippen LogP) is 3.21. The van der Waals surface area contributed by atoms with E-state index in [2.05, 4.69) is 11.0 Å². The molecule has 0 aromatic heterocycles. The van der Waals surface area contributed by atoms with Gasteiger partial charge in [-0.25, -0.2) is 0 Å². The molecule has 1 aromatic rings. The average Bonchev–Trinajstić information content (AvgIpc) is 3.04. The highest BCUT2D eigenvalue weighted by molar-refractivity contribution is 7.99. The third kappa shape index (κ3) is 8.08. The number of carboxylic acids is 1. The van der Waals surface area contributed by atoms with Gasteiger partial charge in [0, 0.05) is 12.5 Å². The van der Waals surface area contributed by atoms with Crippen LogP contribution < -0.4 is 0 Å². The van der Waals surface area contributed by atoms with Crippen LogP contribution in [0.1, 0.15) is 31.2 Å². The van der Waals surface area contributed by atoms with E-state index < -0.39 is 12.1 Å². The fourth-order valence-corrected chi connectivity index (χ4v) is 3.93. The second-order valence-corrected chi connectivity index (χ2v) is 7.65. The van der Waals surface area contributed by atoms with Crippen molar-refractivity contribution in [3.05, 3.63) is 48.0 Å².